The van der Waals surface area contributed by atoms with Crippen molar-refractivity contribution in [1.29, 1.82) is 0 Å². The van der Waals surface area contributed by atoms with Gasteiger partial charge in [0.2, 0.25) is 0 Å². The number of methoxy groups -OCH3 is 3. The molecule has 0 unspecified atom stereocenters. The van der Waals surface area contributed by atoms with E-state index in [0.29, 0.717) is 26.4 Å². The predicted octanol–water partition coefficient (Wildman–Crippen LogP) is 1.92. The normalized spacial score (nSPS) is 13.7. The molecule has 2 rings (SSSR count). The number of halogens is 1. The SMILES string of the molecule is CN=C(NCCOCCOC)N1CCc2cc(OC)c(OC)cc2C1.I. The predicted molar refractivity (Wildman–Crippen MR) is 113 cm³/mol. The van der Waals surface area contributed by atoms with Crippen molar-refractivity contribution in [2.75, 3.05) is 61.3 Å². The van der Waals surface area contributed by atoms with Crippen LogP contribution < -0.4 is 14.8 Å². The van der Waals surface area contributed by atoms with Crippen molar-refractivity contribution in [1.82, 2.24) is 10.2 Å². The summed E-state index contributed by atoms with van der Waals surface area (Å²) in [6.45, 7) is 4.26. The van der Waals surface area contributed by atoms with Crippen LogP contribution in [0.2, 0.25) is 0 Å². The highest BCUT2D eigenvalue weighted by Gasteiger charge is 2.21. The molecule has 1 N–H and O–H groups in total. The molecule has 1 heterocycles. The summed E-state index contributed by atoms with van der Waals surface area (Å²) in [7, 11) is 6.80. The van der Waals surface area contributed by atoms with E-state index in [-0.39, 0.29) is 24.0 Å². The van der Waals surface area contributed by atoms with Crippen molar-refractivity contribution in [3.05, 3.63) is 23.3 Å². The highest BCUT2D eigenvalue weighted by atomic mass is 127. The van der Waals surface area contributed by atoms with Gasteiger partial charge in [0.05, 0.1) is 34.0 Å². The van der Waals surface area contributed by atoms with Gasteiger partial charge in [0.25, 0.3) is 0 Å². The van der Waals surface area contributed by atoms with Crippen LogP contribution in [0.25, 0.3) is 0 Å². The number of rotatable bonds is 8. The Labute approximate surface area is 173 Å². The molecule has 0 radical (unpaired) electrons. The Hall–Kier alpha value is -1.26. The summed E-state index contributed by atoms with van der Waals surface area (Å²) < 4.78 is 21.2. The summed E-state index contributed by atoms with van der Waals surface area (Å²) in [5.74, 6) is 2.43. The van der Waals surface area contributed by atoms with E-state index in [1.54, 1.807) is 28.4 Å². The molecule has 0 aliphatic carbocycles. The molecule has 0 fully saturated rings. The maximum Gasteiger partial charge on any atom is 0.194 e. The largest absolute Gasteiger partial charge is 0.493 e. The Bertz CT molecular complexity index is 584. The van der Waals surface area contributed by atoms with Gasteiger partial charge in [0.1, 0.15) is 0 Å². The van der Waals surface area contributed by atoms with Crippen LogP contribution in [0, 0.1) is 0 Å². The van der Waals surface area contributed by atoms with Crippen LogP contribution in [0.15, 0.2) is 17.1 Å². The third-order valence-electron chi connectivity index (χ3n) is 4.19. The molecule has 7 nitrogen and oxygen atoms in total. The molecule has 0 atom stereocenters. The van der Waals surface area contributed by atoms with Crippen LogP contribution in [0.1, 0.15) is 11.1 Å². The van der Waals surface area contributed by atoms with Gasteiger partial charge in [-0.1, -0.05) is 0 Å². The van der Waals surface area contributed by atoms with E-state index in [2.05, 4.69) is 27.3 Å². The van der Waals surface area contributed by atoms with Crippen LogP contribution in [-0.2, 0) is 22.4 Å². The molecule has 1 aliphatic heterocycles. The Balaban J connectivity index is 0.00000338. The van der Waals surface area contributed by atoms with Crippen LogP contribution >= 0.6 is 24.0 Å². The van der Waals surface area contributed by atoms with Crippen molar-refractivity contribution in [2.45, 2.75) is 13.0 Å². The number of guanidine groups is 1. The number of aliphatic imine (C=N–C) groups is 1. The molecule has 1 aliphatic rings. The van der Waals surface area contributed by atoms with Gasteiger partial charge >= 0.3 is 0 Å². The Morgan fingerprint density at radius 2 is 1.77 bits per heavy atom. The van der Waals surface area contributed by atoms with E-state index < -0.39 is 0 Å². The number of fused-ring (bicyclic) bond motifs is 1. The van der Waals surface area contributed by atoms with Crippen LogP contribution in [0.5, 0.6) is 11.5 Å². The Morgan fingerprint density at radius 3 is 2.38 bits per heavy atom. The first-order chi connectivity index (χ1) is 12.2. The van der Waals surface area contributed by atoms with Gasteiger partial charge in [-0.25, -0.2) is 0 Å². The molecule has 0 spiro atoms. The van der Waals surface area contributed by atoms with Crippen molar-refractivity contribution in [3.8, 4) is 11.5 Å². The average molecular weight is 479 g/mol. The van der Waals surface area contributed by atoms with Crippen LogP contribution in [0.3, 0.4) is 0 Å². The zero-order valence-corrected chi connectivity index (χ0v) is 18.4. The summed E-state index contributed by atoms with van der Waals surface area (Å²) >= 11 is 0. The molecule has 1 aromatic carbocycles. The van der Waals surface area contributed by atoms with E-state index in [1.165, 1.54) is 11.1 Å². The van der Waals surface area contributed by atoms with Crippen molar-refractivity contribution in [3.63, 3.8) is 0 Å². The second-order valence-electron chi connectivity index (χ2n) is 5.73. The molecule has 26 heavy (non-hydrogen) atoms. The Kier molecular flexibility index (Phi) is 10.7. The summed E-state index contributed by atoms with van der Waals surface area (Å²) in [6, 6.07) is 4.13. The van der Waals surface area contributed by atoms with Gasteiger partial charge in [0, 0.05) is 33.8 Å². The zero-order valence-electron chi connectivity index (χ0n) is 16.0. The minimum atomic E-state index is 0. The smallest absolute Gasteiger partial charge is 0.194 e. The van der Waals surface area contributed by atoms with E-state index in [9.17, 15) is 0 Å². The van der Waals surface area contributed by atoms with Crippen molar-refractivity contribution < 1.29 is 18.9 Å². The highest BCUT2D eigenvalue weighted by Crippen LogP contribution is 2.33. The van der Waals surface area contributed by atoms with E-state index >= 15 is 0 Å². The van der Waals surface area contributed by atoms with Gasteiger partial charge in [-0.2, -0.15) is 0 Å². The second kappa shape index (κ2) is 12.2. The van der Waals surface area contributed by atoms with E-state index in [1.807, 2.05) is 0 Å². The third kappa shape index (κ3) is 6.17. The molecule has 0 saturated carbocycles. The fourth-order valence-electron chi connectivity index (χ4n) is 2.88. The van der Waals surface area contributed by atoms with Crippen molar-refractivity contribution in [2.24, 2.45) is 4.99 Å². The molecule has 0 bridgehead atoms. The van der Waals surface area contributed by atoms with E-state index in [4.69, 9.17) is 18.9 Å². The number of nitrogens with one attached hydrogen (secondary N) is 1. The standard InChI is InChI=1S/C18H29N3O4.HI/c1-19-18(20-6-8-25-10-9-22-2)21-7-5-14-11-16(23-3)17(24-4)12-15(14)13-21;/h11-12H,5-10,13H2,1-4H3,(H,19,20);1H. The number of hydrogen-bond acceptors (Lipinski definition) is 5. The fourth-order valence-corrected chi connectivity index (χ4v) is 2.88. The lowest BCUT2D eigenvalue weighted by atomic mass is 9.99. The number of benzene rings is 1. The number of hydrogen-bond donors (Lipinski definition) is 1. The first-order valence-electron chi connectivity index (χ1n) is 8.49. The quantitative estimate of drug-likeness (QED) is 0.266. The van der Waals surface area contributed by atoms with Gasteiger partial charge in [-0.15, -0.1) is 24.0 Å². The molecule has 0 saturated heterocycles. The second-order valence-corrected chi connectivity index (χ2v) is 5.73. The minimum Gasteiger partial charge on any atom is -0.493 e. The van der Waals surface area contributed by atoms with Gasteiger partial charge in [0.15, 0.2) is 17.5 Å². The number of nitrogens with zero attached hydrogens (tertiary/aromatic N) is 2. The highest BCUT2D eigenvalue weighted by molar-refractivity contribution is 14.0. The van der Waals surface area contributed by atoms with Crippen molar-refractivity contribution >= 4 is 29.9 Å². The summed E-state index contributed by atoms with van der Waals surface area (Å²) in [6.07, 6.45) is 0.945. The molecule has 0 aromatic heterocycles. The number of ether oxygens (including phenoxy) is 4. The molecular weight excluding hydrogens is 449 g/mol. The third-order valence-corrected chi connectivity index (χ3v) is 4.19. The lowest BCUT2D eigenvalue weighted by molar-refractivity contribution is 0.0731. The maximum absolute atomic E-state index is 5.48. The molecule has 148 valence electrons. The maximum atomic E-state index is 5.48. The topological polar surface area (TPSA) is 64.6 Å². The molecule has 8 heteroatoms. The lowest BCUT2D eigenvalue weighted by Gasteiger charge is -2.32. The molecule has 0 amide bonds. The monoisotopic (exact) mass is 479 g/mol. The average Bonchev–Trinajstić information content (AvgIpc) is 2.66. The molecular formula is C18H30IN3O4. The Morgan fingerprint density at radius 1 is 1.08 bits per heavy atom. The minimum absolute atomic E-state index is 0. The van der Waals surface area contributed by atoms with Crippen LogP contribution in [-0.4, -0.2) is 72.1 Å². The molecule has 1 aromatic rings. The zero-order chi connectivity index (χ0) is 18.1. The van der Waals surface area contributed by atoms with Crippen LogP contribution in [0.4, 0.5) is 0 Å². The summed E-state index contributed by atoms with van der Waals surface area (Å²) in [5, 5.41) is 3.35. The van der Waals surface area contributed by atoms with Gasteiger partial charge in [-0.3, -0.25) is 4.99 Å². The van der Waals surface area contributed by atoms with E-state index in [0.717, 1.165) is 37.0 Å². The first-order valence-corrected chi connectivity index (χ1v) is 8.49. The van der Waals surface area contributed by atoms with Gasteiger partial charge in [-0.05, 0) is 29.7 Å². The fraction of sp³-hybridized carbons (Fsp3) is 0.611. The summed E-state index contributed by atoms with van der Waals surface area (Å²) in [5.41, 5.74) is 2.54. The lowest BCUT2D eigenvalue weighted by Crippen LogP contribution is -2.45. The van der Waals surface area contributed by atoms with Gasteiger partial charge < -0.3 is 29.2 Å². The summed E-state index contributed by atoms with van der Waals surface area (Å²) in [4.78, 5) is 6.63. The first kappa shape index (κ1) is 22.8.